The quantitative estimate of drug-likeness (QED) is 0.413. The van der Waals surface area contributed by atoms with Crippen LogP contribution in [0.3, 0.4) is 0 Å². The van der Waals surface area contributed by atoms with Crippen molar-refractivity contribution in [1.29, 1.82) is 0 Å². The molecule has 0 aliphatic rings. The normalized spacial score (nSPS) is 11.5. The SMILES string of the molecule is COc1ccc(S(=O)(=O)CC(=O)N(Cc2ccco2)c2nc3c(F)cccc3s2)cc1. The van der Waals surface area contributed by atoms with Gasteiger partial charge < -0.3 is 9.15 Å². The average Bonchev–Trinajstić information content (AvgIpc) is 3.42. The fourth-order valence-electron chi connectivity index (χ4n) is 2.95. The number of methoxy groups -OCH3 is 1. The number of furan rings is 1. The van der Waals surface area contributed by atoms with E-state index in [9.17, 15) is 17.6 Å². The molecule has 0 fully saturated rings. The van der Waals surface area contributed by atoms with Crippen LogP contribution in [0.5, 0.6) is 5.75 Å². The van der Waals surface area contributed by atoms with Crippen LogP contribution in [0, 0.1) is 5.82 Å². The van der Waals surface area contributed by atoms with Crippen molar-refractivity contribution in [2.75, 3.05) is 17.8 Å². The Kier molecular flexibility index (Phi) is 5.75. The minimum atomic E-state index is -3.93. The molecule has 0 saturated heterocycles. The summed E-state index contributed by atoms with van der Waals surface area (Å²) in [6.45, 7) is -0.0363. The molecule has 7 nitrogen and oxygen atoms in total. The first kappa shape index (κ1) is 21.0. The van der Waals surface area contributed by atoms with E-state index in [0.717, 1.165) is 11.3 Å². The van der Waals surface area contributed by atoms with Gasteiger partial charge in [0, 0.05) is 0 Å². The number of sulfone groups is 1. The maximum absolute atomic E-state index is 14.1. The molecule has 0 aliphatic heterocycles. The number of fused-ring (bicyclic) bond motifs is 1. The first-order chi connectivity index (χ1) is 14.9. The number of aromatic nitrogens is 1. The van der Waals surface area contributed by atoms with E-state index < -0.39 is 27.3 Å². The summed E-state index contributed by atoms with van der Waals surface area (Å²) in [6.07, 6.45) is 1.45. The smallest absolute Gasteiger partial charge is 0.244 e. The number of hydrogen-bond donors (Lipinski definition) is 0. The van der Waals surface area contributed by atoms with Gasteiger partial charge in [-0.2, -0.15) is 0 Å². The number of hydrogen-bond acceptors (Lipinski definition) is 7. The fraction of sp³-hybridized carbons (Fsp3) is 0.143. The third kappa shape index (κ3) is 4.44. The van der Waals surface area contributed by atoms with Gasteiger partial charge in [-0.05, 0) is 48.5 Å². The summed E-state index contributed by atoms with van der Waals surface area (Å²) >= 11 is 1.10. The summed E-state index contributed by atoms with van der Waals surface area (Å²) < 4.78 is 50.7. The van der Waals surface area contributed by atoms with E-state index >= 15 is 0 Å². The number of carbonyl (C=O) groups is 1. The second-order valence-electron chi connectivity index (χ2n) is 6.58. The van der Waals surface area contributed by atoms with Crippen LogP contribution in [-0.2, 0) is 21.2 Å². The molecule has 0 atom stereocenters. The second-order valence-corrected chi connectivity index (χ2v) is 9.58. The molecule has 2 aromatic heterocycles. The van der Waals surface area contributed by atoms with E-state index in [0.29, 0.717) is 16.2 Å². The topological polar surface area (TPSA) is 89.7 Å². The van der Waals surface area contributed by atoms with Crippen molar-refractivity contribution in [2.45, 2.75) is 11.4 Å². The Morgan fingerprint density at radius 3 is 2.58 bits per heavy atom. The van der Waals surface area contributed by atoms with Crippen LogP contribution < -0.4 is 9.64 Å². The van der Waals surface area contributed by atoms with E-state index in [1.165, 1.54) is 48.6 Å². The van der Waals surface area contributed by atoms with Gasteiger partial charge in [0.1, 0.15) is 28.6 Å². The minimum Gasteiger partial charge on any atom is -0.497 e. The summed E-state index contributed by atoms with van der Waals surface area (Å²) in [5.74, 6) is -1.06. The molecule has 4 aromatic rings. The van der Waals surface area contributed by atoms with Gasteiger partial charge in [0.2, 0.25) is 5.91 Å². The highest BCUT2D eigenvalue weighted by molar-refractivity contribution is 7.92. The highest BCUT2D eigenvalue weighted by Gasteiger charge is 2.27. The Balaban J connectivity index is 1.67. The van der Waals surface area contributed by atoms with Crippen molar-refractivity contribution in [3.8, 4) is 5.75 Å². The van der Waals surface area contributed by atoms with Crippen molar-refractivity contribution in [2.24, 2.45) is 0 Å². The van der Waals surface area contributed by atoms with Gasteiger partial charge in [0.15, 0.2) is 15.0 Å². The lowest BCUT2D eigenvalue weighted by Gasteiger charge is -2.18. The summed E-state index contributed by atoms with van der Waals surface area (Å²) in [5.41, 5.74) is 0.123. The van der Waals surface area contributed by atoms with Crippen molar-refractivity contribution >= 4 is 42.4 Å². The first-order valence-electron chi connectivity index (χ1n) is 9.12. The molecule has 0 spiro atoms. The van der Waals surface area contributed by atoms with Gasteiger partial charge in [0.25, 0.3) is 0 Å². The zero-order valence-corrected chi connectivity index (χ0v) is 18.0. The number of carbonyl (C=O) groups excluding carboxylic acids is 1. The standard InChI is InChI=1S/C21H17FN2O5S2/c1-28-14-7-9-16(10-8-14)31(26,27)13-19(25)24(12-15-4-3-11-29-15)21-23-20-17(22)5-2-6-18(20)30-21/h2-11H,12-13H2,1H3. The molecule has 0 saturated carbocycles. The molecule has 0 bridgehead atoms. The highest BCUT2D eigenvalue weighted by Crippen LogP contribution is 2.31. The van der Waals surface area contributed by atoms with Crippen molar-refractivity contribution in [3.63, 3.8) is 0 Å². The maximum Gasteiger partial charge on any atom is 0.244 e. The zero-order chi connectivity index (χ0) is 22.0. The Hall–Kier alpha value is -3.24. The molecular weight excluding hydrogens is 443 g/mol. The number of halogens is 1. The monoisotopic (exact) mass is 460 g/mol. The van der Waals surface area contributed by atoms with E-state index in [4.69, 9.17) is 9.15 Å². The first-order valence-corrected chi connectivity index (χ1v) is 11.6. The predicted octanol–water partition coefficient (Wildman–Crippen LogP) is 4.04. The molecule has 10 heteroatoms. The van der Waals surface area contributed by atoms with Crippen molar-refractivity contribution in [1.82, 2.24) is 4.98 Å². The molecule has 0 N–H and O–H groups in total. The average molecular weight is 461 g/mol. The third-order valence-corrected chi connectivity index (χ3v) is 7.18. The largest absolute Gasteiger partial charge is 0.497 e. The maximum atomic E-state index is 14.1. The minimum absolute atomic E-state index is 0.00468. The molecule has 160 valence electrons. The lowest BCUT2D eigenvalue weighted by molar-refractivity contribution is -0.116. The molecule has 4 rings (SSSR count). The van der Waals surface area contributed by atoms with Crippen LogP contribution in [0.4, 0.5) is 9.52 Å². The number of para-hydroxylation sites is 1. The van der Waals surface area contributed by atoms with E-state index in [1.807, 2.05) is 0 Å². The van der Waals surface area contributed by atoms with Crippen LogP contribution in [0.15, 0.2) is 70.2 Å². The zero-order valence-electron chi connectivity index (χ0n) is 16.3. The Morgan fingerprint density at radius 1 is 1.16 bits per heavy atom. The molecule has 0 aliphatic carbocycles. The van der Waals surface area contributed by atoms with Gasteiger partial charge in [-0.25, -0.2) is 17.8 Å². The summed E-state index contributed by atoms with van der Waals surface area (Å²) in [5, 5.41) is 0.187. The van der Waals surface area contributed by atoms with Crippen LogP contribution in [-0.4, -0.2) is 32.2 Å². The van der Waals surface area contributed by atoms with E-state index in [2.05, 4.69) is 4.98 Å². The van der Waals surface area contributed by atoms with E-state index in [1.54, 1.807) is 24.3 Å². The molecule has 0 unspecified atom stereocenters. The van der Waals surface area contributed by atoms with Crippen LogP contribution >= 0.6 is 11.3 Å². The number of anilines is 1. The number of nitrogens with zero attached hydrogens (tertiary/aromatic N) is 2. The molecule has 1 amide bonds. The predicted molar refractivity (Wildman–Crippen MR) is 115 cm³/mol. The van der Waals surface area contributed by atoms with Crippen molar-refractivity contribution in [3.05, 3.63) is 72.4 Å². The number of ether oxygens (including phenoxy) is 1. The number of amides is 1. The highest BCUT2D eigenvalue weighted by atomic mass is 32.2. The summed E-state index contributed by atoms with van der Waals surface area (Å²) in [7, 11) is -2.46. The van der Waals surface area contributed by atoms with Gasteiger partial charge >= 0.3 is 0 Å². The molecular formula is C21H17FN2O5S2. The third-order valence-electron chi connectivity index (χ3n) is 4.52. The fourth-order valence-corrected chi connectivity index (χ4v) is 5.14. The lowest BCUT2D eigenvalue weighted by Crippen LogP contribution is -2.35. The van der Waals surface area contributed by atoms with Gasteiger partial charge in [0.05, 0.1) is 29.5 Å². The van der Waals surface area contributed by atoms with Crippen LogP contribution in [0.2, 0.25) is 0 Å². The van der Waals surface area contributed by atoms with Gasteiger partial charge in [-0.3, -0.25) is 9.69 Å². The second kappa shape index (κ2) is 8.48. The van der Waals surface area contributed by atoms with Gasteiger partial charge in [-0.1, -0.05) is 17.4 Å². The molecule has 0 radical (unpaired) electrons. The Morgan fingerprint density at radius 2 is 1.94 bits per heavy atom. The van der Waals surface area contributed by atoms with Crippen LogP contribution in [0.1, 0.15) is 5.76 Å². The van der Waals surface area contributed by atoms with Gasteiger partial charge in [-0.15, -0.1) is 0 Å². The molecule has 31 heavy (non-hydrogen) atoms. The summed E-state index contributed by atoms with van der Waals surface area (Å²) in [6, 6.07) is 13.6. The number of thiazole rings is 1. The van der Waals surface area contributed by atoms with E-state index in [-0.39, 0.29) is 22.1 Å². The Bertz CT molecular complexity index is 1320. The lowest BCUT2D eigenvalue weighted by atomic mass is 10.3. The molecule has 2 heterocycles. The molecule has 2 aromatic carbocycles. The Labute approximate surface area is 181 Å². The summed E-state index contributed by atoms with van der Waals surface area (Å²) in [4.78, 5) is 18.5. The number of rotatable bonds is 7. The van der Waals surface area contributed by atoms with Crippen molar-refractivity contribution < 1.29 is 26.8 Å². The van der Waals surface area contributed by atoms with Crippen LogP contribution in [0.25, 0.3) is 10.2 Å². The number of benzene rings is 2.